The Labute approximate surface area is 112 Å². The van der Waals surface area contributed by atoms with Gasteiger partial charge in [0, 0.05) is 49.6 Å². The first-order valence-corrected chi connectivity index (χ1v) is 8.30. The van der Waals surface area contributed by atoms with Gasteiger partial charge in [0.15, 0.2) is 0 Å². The lowest BCUT2D eigenvalue weighted by atomic mass is 10.3. The standard InChI is InChI=1S/C12H21N3S2/c1-2-7-16-10-12-14-8-11(17-12)9-15-5-3-13-4-6-15/h8,13H,2-7,9-10H2,1H3. The van der Waals surface area contributed by atoms with Crippen LogP contribution in [0.3, 0.4) is 0 Å². The highest BCUT2D eigenvalue weighted by atomic mass is 32.2. The van der Waals surface area contributed by atoms with Crippen molar-refractivity contribution in [3.8, 4) is 0 Å². The van der Waals surface area contributed by atoms with Gasteiger partial charge in [0.25, 0.3) is 0 Å². The molecule has 2 rings (SSSR count). The summed E-state index contributed by atoms with van der Waals surface area (Å²) >= 11 is 3.87. The Morgan fingerprint density at radius 2 is 2.29 bits per heavy atom. The molecule has 3 nitrogen and oxygen atoms in total. The van der Waals surface area contributed by atoms with Crippen molar-refractivity contribution in [3.63, 3.8) is 0 Å². The summed E-state index contributed by atoms with van der Waals surface area (Å²) in [5.41, 5.74) is 0. The van der Waals surface area contributed by atoms with E-state index < -0.39 is 0 Å². The highest BCUT2D eigenvalue weighted by Crippen LogP contribution is 2.20. The predicted octanol–water partition coefficient (Wildman–Crippen LogP) is 2.19. The largest absolute Gasteiger partial charge is 0.314 e. The molecule has 2 heterocycles. The fourth-order valence-corrected chi connectivity index (χ4v) is 3.81. The molecule has 0 bridgehead atoms. The molecule has 0 atom stereocenters. The molecular weight excluding hydrogens is 250 g/mol. The van der Waals surface area contributed by atoms with Crippen molar-refractivity contribution in [2.45, 2.75) is 25.6 Å². The third-order valence-electron chi connectivity index (χ3n) is 2.76. The molecule has 1 aromatic rings. The van der Waals surface area contributed by atoms with Gasteiger partial charge in [-0.1, -0.05) is 6.92 Å². The minimum absolute atomic E-state index is 1.08. The number of thioether (sulfide) groups is 1. The molecule has 1 aliphatic rings. The van der Waals surface area contributed by atoms with Gasteiger partial charge < -0.3 is 5.32 Å². The van der Waals surface area contributed by atoms with Crippen LogP contribution >= 0.6 is 23.1 Å². The van der Waals surface area contributed by atoms with Crippen LogP contribution in [0, 0.1) is 0 Å². The molecule has 96 valence electrons. The summed E-state index contributed by atoms with van der Waals surface area (Å²) in [6, 6.07) is 0. The SMILES string of the molecule is CCCSCc1ncc(CN2CCNCC2)s1. The number of aromatic nitrogens is 1. The van der Waals surface area contributed by atoms with E-state index in [-0.39, 0.29) is 0 Å². The van der Waals surface area contributed by atoms with E-state index in [9.17, 15) is 0 Å². The van der Waals surface area contributed by atoms with Crippen LogP contribution in [0.25, 0.3) is 0 Å². The normalized spacial score (nSPS) is 17.5. The Balaban J connectivity index is 1.76. The summed E-state index contributed by atoms with van der Waals surface area (Å²) in [7, 11) is 0. The van der Waals surface area contributed by atoms with Crippen molar-refractivity contribution in [1.29, 1.82) is 0 Å². The monoisotopic (exact) mass is 271 g/mol. The molecule has 0 amide bonds. The lowest BCUT2D eigenvalue weighted by molar-refractivity contribution is 0.235. The Kier molecular flexibility index (Phi) is 5.77. The molecule has 1 aromatic heterocycles. The van der Waals surface area contributed by atoms with Crippen molar-refractivity contribution >= 4 is 23.1 Å². The van der Waals surface area contributed by atoms with E-state index in [2.05, 4.69) is 28.3 Å². The van der Waals surface area contributed by atoms with Crippen LogP contribution in [-0.4, -0.2) is 41.8 Å². The third-order valence-corrected chi connectivity index (χ3v) is 5.10. The zero-order chi connectivity index (χ0) is 11.9. The Morgan fingerprint density at radius 1 is 1.47 bits per heavy atom. The van der Waals surface area contributed by atoms with Gasteiger partial charge >= 0.3 is 0 Å². The molecule has 0 aromatic carbocycles. The van der Waals surface area contributed by atoms with Gasteiger partial charge in [0.1, 0.15) is 5.01 Å². The van der Waals surface area contributed by atoms with E-state index in [0.717, 1.165) is 38.5 Å². The number of nitrogens with one attached hydrogen (secondary N) is 1. The van der Waals surface area contributed by atoms with E-state index in [4.69, 9.17) is 0 Å². The second-order valence-corrected chi connectivity index (χ2v) is 6.60. The zero-order valence-corrected chi connectivity index (χ0v) is 12.1. The van der Waals surface area contributed by atoms with Crippen LogP contribution in [-0.2, 0) is 12.3 Å². The second kappa shape index (κ2) is 7.36. The number of hydrogen-bond donors (Lipinski definition) is 1. The first-order valence-electron chi connectivity index (χ1n) is 6.33. The highest BCUT2D eigenvalue weighted by Gasteiger charge is 2.11. The average molecular weight is 271 g/mol. The van der Waals surface area contributed by atoms with Crippen molar-refractivity contribution in [2.75, 3.05) is 31.9 Å². The molecule has 17 heavy (non-hydrogen) atoms. The van der Waals surface area contributed by atoms with Crippen molar-refractivity contribution in [2.24, 2.45) is 0 Å². The van der Waals surface area contributed by atoms with Gasteiger partial charge in [-0.25, -0.2) is 4.98 Å². The first-order chi connectivity index (χ1) is 8.38. The summed E-state index contributed by atoms with van der Waals surface area (Å²) in [6.07, 6.45) is 3.32. The van der Waals surface area contributed by atoms with Gasteiger partial charge in [-0.2, -0.15) is 11.8 Å². The summed E-state index contributed by atoms with van der Waals surface area (Å²) in [5, 5.41) is 4.67. The molecule has 0 spiro atoms. The molecule has 1 N–H and O–H groups in total. The maximum absolute atomic E-state index is 4.51. The molecule has 0 saturated carbocycles. The van der Waals surface area contributed by atoms with Gasteiger partial charge in [-0.05, 0) is 12.2 Å². The van der Waals surface area contributed by atoms with Gasteiger partial charge in [0.2, 0.25) is 0 Å². The van der Waals surface area contributed by atoms with Gasteiger partial charge in [-0.3, -0.25) is 4.90 Å². The molecule has 1 fully saturated rings. The minimum atomic E-state index is 1.08. The van der Waals surface area contributed by atoms with E-state index in [0.29, 0.717) is 0 Å². The average Bonchev–Trinajstić information content (AvgIpc) is 2.79. The van der Waals surface area contributed by atoms with E-state index in [1.807, 2.05) is 23.1 Å². The molecular formula is C12H21N3S2. The Hall–Kier alpha value is -0.100. The molecule has 0 aliphatic carbocycles. The molecule has 5 heteroatoms. The summed E-state index contributed by atoms with van der Waals surface area (Å²) in [5.74, 6) is 2.33. The third kappa shape index (κ3) is 4.58. The first kappa shape index (κ1) is 13.3. The second-order valence-electron chi connectivity index (χ2n) is 4.30. The molecule has 0 unspecified atom stereocenters. The quantitative estimate of drug-likeness (QED) is 0.803. The predicted molar refractivity (Wildman–Crippen MR) is 76.7 cm³/mol. The van der Waals surface area contributed by atoms with E-state index in [1.165, 1.54) is 22.1 Å². The molecule has 0 radical (unpaired) electrons. The molecule has 1 aliphatic heterocycles. The summed E-state index contributed by atoms with van der Waals surface area (Å²) in [6.45, 7) is 7.88. The van der Waals surface area contributed by atoms with Crippen LogP contribution in [0.1, 0.15) is 23.2 Å². The van der Waals surface area contributed by atoms with E-state index in [1.54, 1.807) is 0 Å². The number of hydrogen-bond acceptors (Lipinski definition) is 5. The van der Waals surface area contributed by atoms with Gasteiger partial charge in [-0.15, -0.1) is 11.3 Å². The van der Waals surface area contributed by atoms with Crippen molar-refractivity contribution in [3.05, 3.63) is 16.1 Å². The fraction of sp³-hybridized carbons (Fsp3) is 0.750. The van der Waals surface area contributed by atoms with Crippen LogP contribution < -0.4 is 5.32 Å². The lowest BCUT2D eigenvalue weighted by Gasteiger charge is -2.26. The number of nitrogens with zero attached hydrogens (tertiary/aromatic N) is 2. The smallest absolute Gasteiger partial charge is 0.103 e. The van der Waals surface area contributed by atoms with Crippen molar-refractivity contribution in [1.82, 2.24) is 15.2 Å². The topological polar surface area (TPSA) is 28.2 Å². The van der Waals surface area contributed by atoms with Gasteiger partial charge in [0.05, 0.1) is 0 Å². The lowest BCUT2D eigenvalue weighted by Crippen LogP contribution is -2.42. The Bertz CT molecular complexity index is 321. The van der Waals surface area contributed by atoms with Crippen LogP contribution in [0.2, 0.25) is 0 Å². The minimum Gasteiger partial charge on any atom is -0.314 e. The zero-order valence-electron chi connectivity index (χ0n) is 10.4. The van der Waals surface area contributed by atoms with Crippen molar-refractivity contribution < 1.29 is 0 Å². The highest BCUT2D eigenvalue weighted by molar-refractivity contribution is 7.98. The Morgan fingerprint density at radius 3 is 3.06 bits per heavy atom. The molecule has 1 saturated heterocycles. The fourth-order valence-electron chi connectivity index (χ4n) is 1.88. The maximum atomic E-state index is 4.51. The summed E-state index contributed by atoms with van der Waals surface area (Å²) < 4.78 is 0. The number of rotatable bonds is 6. The number of thiazole rings is 1. The van der Waals surface area contributed by atoms with Crippen LogP contribution in [0.5, 0.6) is 0 Å². The summed E-state index contributed by atoms with van der Waals surface area (Å²) in [4.78, 5) is 8.43. The van der Waals surface area contributed by atoms with Crippen LogP contribution in [0.15, 0.2) is 6.20 Å². The maximum Gasteiger partial charge on any atom is 0.103 e. The number of piperazine rings is 1. The van der Waals surface area contributed by atoms with E-state index >= 15 is 0 Å². The van der Waals surface area contributed by atoms with Crippen LogP contribution in [0.4, 0.5) is 0 Å².